The lowest BCUT2D eigenvalue weighted by Gasteiger charge is -2.37. The molecule has 0 aromatic heterocycles. The number of aliphatic hydroxyl groups is 1. The van der Waals surface area contributed by atoms with Gasteiger partial charge in [0.2, 0.25) is 0 Å². The second-order valence-electron chi connectivity index (χ2n) is 7.41. The van der Waals surface area contributed by atoms with Gasteiger partial charge in [0, 0.05) is 18.2 Å². The van der Waals surface area contributed by atoms with Crippen LogP contribution >= 0.6 is 0 Å². The Hall–Kier alpha value is -2.10. The average molecular weight is 347 g/mol. The van der Waals surface area contributed by atoms with Crippen molar-refractivity contribution in [1.29, 1.82) is 5.26 Å². The largest absolute Gasteiger partial charge is 0.486 e. The summed E-state index contributed by atoms with van der Waals surface area (Å²) in [6, 6.07) is 5.52. The molecule has 1 N–H and O–H groups in total. The van der Waals surface area contributed by atoms with Crippen LogP contribution in [0, 0.1) is 11.3 Å². The molecule has 1 aliphatic rings. The van der Waals surface area contributed by atoms with Gasteiger partial charge in [0.05, 0.1) is 18.2 Å². The van der Waals surface area contributed by atoms with E-state index in [0.717, 1.165) is 11.1 Å². The quantitative estimate of drug-likeness (QED) is 0.842. The van der Waals surface area contributed by atoms with Crippen molar-refractivity contribution in [2.75, 3.05) is 7.11 Å². The Morgan fingerprint density at radius 1 is 1.40 bits per heavy atom. The van der Waals surface area contributed by atoms with Crippen LogP contribution in [0.3, 0.4) is 0 Å². The van der Waals surface area contributed by atoms with Gasteiger partial charge in [0.25, 0.3) is 0 Å². The Morgan fingerprint density at radius 3 is 2.64 bits per heavy atom. The molecule has 1 aliphatic heterocycles. The summed E-state index contributed by atoms with van der Waals surface area (Å²) in [5.41, 5.74) is -0.238. The Labute approximate surface area is 148 Å². The second kappa shape index (κ2) is 7.03. The lowest BCUT2D eigenvalue weighted by Crippen LogP contribution is -2.53. The molecule has 1 heterocycles. The molecular formula is C19H25NO5. The number of hydrogen-bond donors (Lipinski definition) is 1. The summed E-state index contributed by atoms with van der Waals surface area (Å²) in [7, 11) is 1.57. The third-order valence-electron chi connectivity index (χ3n) is 4.16. The second-order valence-corrected chi connectivity index (χ2v) is 7.41. The van der Waals surface area contributed by atoms with Crippen LogP contribution in [0.4, 0.5) is 0 Å². The number of carbonyl (C=O) groups is 1. The Balaban J connectivity index is 2.28. The minimum absolute atomic E-state index is 0.308. The van der Waals surface area contributed by atoms with Gasteiger partial charge in [0.15, 0.2) is 5.60 Å². The summed E-state index contributed by atoms with van der Waals surface area (Å²) in [4.78, 5) is 12.3. The van der Waals surface area contributed by atoms with Gasteiger partial charge >= 0.3 is 5.97 Å². The van der Waals surface area contributed by atoms with Gasteiger partial charge in [-0.05, 0) is 52.7 Å². The van der Waals surface area contributed by atoms with E-state index in [1.807, 2.05) is 0 Å². The molecule has 0 amide bonds. The topological polar surface area (TPSA) is 88.8 Å². The van der Waals surface area contributed by atoms with Gasteiger partial charge in [-0.15, -0.1) is 0 Å². The zero-order chi connectivity index (χ0) is 18.8. The molecule has 0 saturated heterocycles. The fraction of sp³-hybridized carbons (Fsp3) is 0.579. The van der Waals surface area contributed by atoms with Crippen molar-refractivity contribution in [3.05, 3.63) is 28.8 Å². The van der Waals surface area contributed by atoms with Crippen LogP contribution in [-0.2, 0) is 27.3 Å². The van der Waals surface area contributed by atoms with Gasteiger partial charge in [0.1, 0.15) is 17.5 Å². The minimum Gasteiger partial charge on any atom is -0.486 e. The molecule has 0 radical (unpaired) electrons. The van der Waals surface area contributed by atoms with E-state index >= 15 is 0 Å². The first-order chi connectivity index (χ1) is 11.6. The molecule has 0 spiro atoms. The summed E-state index contributed by atoms with van der Waals surface area (Å²) in [6.07, 6.45) is 0.288. The molecule has 1 aromatic rings. The first kappa shape index (κ1) is 19.2. The molecule has 25 heavy (non-hydrogen) atoms. The van der Waals surface area contributed by atoms with Crippen LogP contribution in [0.1, 0.15) is 50.8 Å². The van der Waals surface area contributed by atoms with Gasteiger partial charge in [-0.2, -0.15) is 5.26 Å². The molecule has 0 bridgehead atoms. The van der Waals surface area contributed by atoms with Crippen molar-refractivity contribution in [1.82, 2.24) is 0 Å². The predicted molar refractivity (Wildman–Crippen MR) is 91.1 cm³/mol. The first-order valence-electron chi connectivity index (χ1n) is 8.26. The van der Waals surface area contributed by atoms with E-state index in [1.165, 1.54) is 6.92 Å². The lowest BCUT2D eigenvalue weighted by atomic mass is 9.88. The maximum Gasteiger partial charge on any atom is 0.342 e. The Bertz CT molecular complexity index is 697. The van der Waals surface area contributed by atoms with E-state index < -0.39 is 23.3 Å². The minimum atomic E-state index is -1.76. The predicted octanol–water partition coefficient (Wildman–Crippen LogP) is 2.49. The van der Waals surface area contributed by atoms with E-state index in [0.29, 0.717) is 30.8 Å². The van der Waals surface area contributed by atoms with Crippen molar-refractivity contribution < 1.29 is 24.1 Å². The number of fused-ring (bicyclic) bond motifs is 1. The highest BCUT2D eigenvalue weighted by molar-refractivity contribution is 5.80. The van der Waals surface area contributed by atoms with Crippen molar-refractivity contribution in [3.63, 3.8) is 0 Å². The van der Waals surface area contributed by atoms with Gasteiger partial charge < -0.3 is 19.3 Å². The van der Waals surface area contributed by atoms with E-state index in [4.69, 9.17) is 14.2 Å². The number of nitriles is 1. The van der Waals surface area contributed by atoms with Crippen LogP contribution in [0.5, 0.6) is 5.75 Å². The number of methoxy groups -OCH3 is 1. The van der Waals surface area contributed by atoms with Crippen LogP contribution < -0.4 is 4.74 Å². The first-order valence-corrected chi connectivity index (χ1v) is 8.26. The molecule has 2 rings (SSSR count). The highest BCUT2D eigenvalue weighted by Gasteiger charge is 2.45. The standard InChI is InChI=1S/C19H25NO5/c1-18(2,3)25-17(21)19(4,22)16-9-7-13-14(11-23-5)12(10-20)6-8-15(13)24-16/h6,8,16,22H,7,9,11H2,1-5H3/t16-,19+/m1/s1. The zero-order valence-corrected chi connectivity index (χ0v) is 15.4. The third kappa shape index (κ3) is 4.12. The molecule has 0 unspecified atom stereocenters. The maximum absolute atomic E-state index is 12.3. The van der Waals surface area contributed by atoms with Gasteiger partial charge in [-0.1, -0.05) is 0 Å². The average Bonchev–Trinajstić information content (AvgIpc) is 2.53. The lowest BCUT2D eigenvalue weighted by molar-refractivity contribution is -0.185. The molecule has 136 valence electrons. The summed E-state index contributed by atoms with van der Waals surface area (Å²) in [6.45, 7) is 6.97. The molecule has 0 aliphatic carbocycles. The molecule has 2 atom stereocenters. The van der Waals surface area contributed by atoms with Crippen LogP contribution in [0.25, 0.3) is 0 Å². The molecule has 1 aromatic carbocycles. The number of carbonyl (C=O) groups excluding carboxylic acids is 1. The maximum atomic E-state index is 12.3. The van der Waals surface area contributed by atoms with E-state index in [-0.39, 0.29) is 0 Å². The van der Waals surface area contributed by atoms with E-state index in [9.17, 15) is 15.2 Å². The highest BCUT2D eigenvalue weighted by atomic mass is 16.6. The van der Waals surface area contributed by atoms with Crippen molar-refractivity contribution in [2.45, 2.75) is 64.4 Å². The Kier molecular flexibility index (Phi) is 5.40. The highest BCUT2D eigenvalue weighted by Crippen LogP contribution is 2.36. The van der Waals surface area contributed by atoms with Crippen molar-refractivity contribution in [2.24, 2.45) is 0 Å². The number of hydrogen-bond acceptors (Lipinski definition) is 6. The molecular weight excluding hydrogens is 322 g/mol. The monoisotopic (exact) mass is 347 g/mol. The van der Waals surface area contributed by atoms with Crippen LogP contribution in [-0.4, -0.2) is 35.5 Å². The van der Waals surface area contributed by atoms with Gasteiger partial charge in [-0.25, -0.2) is 4.79 Å². The Morgan fingerprint density at radius 2 is 2.08 bits per heavy atom. The zero-order valence-electron chi connectivity index (χ0n) is 15.4. The number of esters is 1. The number of rotatable bonds is 4. The van der Waals surface area contributed by atoms with Crippen molar-refractivity contribution in [3.8, 4) is 11.8 Å². The van der Waals surface area contributed by atoms with E-state index in [2.05, 4.69) is 6.07 Å². The van der Waals surface area contributed by atoms with Crippen molar-refractivity contribution >= 4 is 5.97 Å². The fourth-order valence-corrected chi connectivity index (χ4v) is 2.87. The number of benzene rings is 1. The fourth-order valence-electron chi connectivity index (χ4n) is 2.87. The van der Waals surface area contributed by atoms with Crippen LogP contribution in [0.2, 0.25) is 0 Å². The van der Waals surface area contributed by atoms with Gasteiger partial charge in [-0.3, -0.25) is 0 Å². The summed E-state index contributed by atoms with van der Waals surface area (Å²) >= 11 is 0. The summed E-state index contributed by atoms with van der Waals surface area (Å²) in [5.74, 6) is -0.148. The molecule has 0 saturated carbocycles. The third-order valence-corrected chi connectivity index (χ3v) is 4.16. The van der Waals surface area contributed by atoms with Crippen LogP contribution in [0.15, 0.2) is 12.1 Å². The number of ether oxygens (including phenoxy) is 3. The SMILES string of the molecule is COCc1c(C#N)ccc2c1CC[C@H]([C@](C)(O)C(=O)OC(C)(C)C)O2. The smallest absolute Gasteiger partial charge is 0.342 e. The number of nitrogens with zero attached hydrogens (tertiary/aromatic N) is 1. The molecule has 0 fully saturated rings. The summed E-state index contributed by atoms with van der Waals surface area (Å²) in [5, 5.41) is 20.0. The molecule has 6 heteroatoms. The van der Waals surface area contributed by atoms with E-state index in [1.54, 1.807) is 40.0 Å². The normalized spacial score (nSPS) is 19.2. The molecule has 6 nitrogen and oxygen atoms in total. The summed E-state index contributed by atoms with van der Waals surface area (Å²) < 4.78 is 16.4.